The molecule has 1 aromatic heterocycles. The first-order valence-corrected chi connectivity index (χ1v) is 6.05. The highest BCUT2D eigenvalue weighted by Gasteiger charge is 2.10. The Hall–Kier alpha value is -1.65. The summed E-state index contributed by atoms with van der Waals surface area (Å²) in [5, 5.41) is 9.13. The van der Waals surface area contributed by atoms with Crippen molar-refractivity contribution in [1.29, 1.82) is 0 Å². The molecule has 1 N–H and O–H groups in total. The average molecular weight is 246 g/mol. The molecule has 0 spiro atoms. The summed E-state index contributed by atoms with van der Waals surface area (Å²) in [4.78, 5) is 6.34. The van der Waals surface area contributed by atoms with Crippen LogP contribution in [0.1, 0.15) is 17.0 Å². The Kier molecular flexibility index (Phi) is 4.50. The van der Waals surface area contributed by atoms with E-state index in [9.17, 15) is 0 Å². The van der Waals surface area contributed by atoms with Gasteiger partial charge in [-0.3, -0.25) is 4.90 Å². The first-order chi connectivity index (χ1) is 8.79. The number of nitrogens with zero attached hydrogens (tertiary/aromatic N) is 2. The Labute approximate surface area is 107 Å². The van der Waals surface area contributed by atoms with Gasteiger partial charge in [-0.05, 0) is 12.5 Å². The van der Waals surface area contributed by atoms with Gasteiger partial charge < -0.3 is 9.52 Å². The maximum Gasteiger partial charge on any atom is 0.181 e. The monoisotopic (exact) mass is 246 g/mol. The molecule has 4 nitrogen and oxygen atoms in total. The zero-order chi connectivity index (χ0) is 12.8. The van der Waals surface area contributed by atoms with Crippen molar-refractivity contribution in [3.05, 3.63) is 53.7 Å². The maximum absolute atomic E-state index is 9.13. The molecule has 18 heavy (non-hydrogen) atoms. The minimum absolute atomic E-state index is 0.143. The number of aromatic nitrogens is 1. The Balaban J connectivity index is 2.02. The number of aryl methyl sites for hydroxylation is 1. The minimum atomic E-state index is 0.143. The van der Waals surface area contributed by atoms with Gasteiger partial charge in [-0.15, -0.1) is 0 Å². The van der Waals surface area contributed by atoms with Gasteiger partial charge in [0.05, 0.1) is 12.3 Å². The number of aliphatic hydroxyl groups excluding tert-OH is 1. The largest absolute Gasteiger partial charge is 0.448 e. The summed E-state index contributed by atoms with van der Waals surface area (Å²) in [6, 6.07) is 10.2. The van der Waals surface area contributed by atoms with Crippen molar-refractivity contribution in [3.8, 4) is 0 Å². The van der Waals surface area contributed by atoms with E-state index in [2.05, 4.69) is 22.0 Å². The molecule has 0 aliphatic carbocycles. The standard InChI is InChI=1S/C14H18N2O2/c1-12-14(15-11-18-12)10-16(7-8-17)9-13-5-3-2-4-6-13/h2-6,11,17H,7-10H2,1H3. The van der Waals surface area contributed by atoms with E-state index in [-0.39, 0.29) is 6.61 Å². The molecule has 2 aromatic rings. The van der Waals surface area contributed by atoms with Gasteiger partial charge in [0.1, 0.15) is 5.76 Å². The lowest BCUT2D eigenvalue weighted by molar-refractivity contribution is 0.182. The van der Waals surface area contributed by atoms with Crippen molar-refractivity contribution < 1.29 is 9.52 Å². The van der Waals surface area contributed by atoms with Gasteiger partial charge in [-0.2, -0.15) is 0 Å². The van der Waals surface area contributed by atoms with E-state index >= 15 is 0 Å². The first-order valence-electron chi connectivity index (χ1n) is 6.05. The minimum Gasteiger partial charge on any atom is -0.448 e. The van der Waals surface area contributed by atoms with Gasteiger partial charge in [0.2, 0.25) is 0 Å². The van der Waals surface area contributed by atoms with Crippen LogP contribution < -0.4 is 0 Å². The second-order valence-corrected chi connectivity index (χ2v) is 4.28. The Bertz CT molecular complexity index is 468. The van der Waals surface area contributed by atoms with E-state index in [1.807, 2.05) is 25.1 Å². The van der Waals surface area contributed by atoms with Crippen LogP contribution in [0.4, 0.5) is 0 Å². The smallest absolute Gasteiger partial charge is 0.181 e. The third-order valence-corrected chi connectivity index (χ3v) is 2.88. The number of hydrogen-bond acceptors (Lipinski definition) is 4. The van der Waals surface area contributed by atoms with Crippen molar-refractivity contribution >= 4 is 0 Å². The van der Waals surface area contributed by atoms with Gasteiger partial charge in [0.15, 0.2) is 6.39 Å². The maximum atomic E-state index is 9.13. The Morgan fingerprint density at radius 2 is 2.00 bits per heavy atom. The fourth-order valence-corrected chi connectivity index (χ4v) is 1.89. The van der Waals surface area contributed by atoms with Crippen LogP contribution in [0.2, 0.25) is 0 Å². The van der Waals surface area contributed by atoms with Crippen LogP contribution in [0.25, 0.3) is 0 Å². The highest BCUT2D eigenvalue weighted by atomic mass is 16.3. The first kappa shape index (κ1) is 12.8. The second kappa shape index (κ2) is 6.33. The number of rotatable bonds is 6. The Morgan fingerprint density at radius 3 is 2.61 bits per heavy atom. The lowest BCUT2D eigenvalue weighted by atomic mass is 10.2. The molecule has 0 saturated carbocycles. The van der Waals surface area contributed by atoms with Crippen LogP contribution in [0, 0.1) is 6.92 Å². The number of benzene rings is 1. The van der Waals surface area contributed by atoms with E-state index < -0.39 is 0 Å². The highest BCUT2D eigenvalue weighted by molar-refractivity contribution is 5.15. The average Bonchev–Trinajstić information content (AvgIpc) is 2.77. The number of hydrogen-bond donors (Lipinski definition) is 1. The predicted octanol–water partition coefficient (Wildman–Crippen LogP) is 1.98. The fourth-order valence-electron chi connectivity index (χ4n) is 1.89. The molecule has 96 valence electrons. The summed E-state index contributed by atoms with van der Waals surface area (Å²) in [6.07, 6.45) is 1.46. The SMILES string of the molecule is Cc1ocnc1CN(CCO)Cc1ccccc1. The topological polar surface area (TPSA) is 49.5 Å². The van der Waals surface area contributed by atoms with E-state index in [4.69, 9.17) is 9.52 Å². The van der Waals surface area contributed by atoms with Crippen molar-refractivity contribution in [1.82, 2.24) is 9.88 Å². The third-order valence-electron chi connectivity index (χ3n) is 2.88. The number of oxazole rings is 1. The van der Waals surface area contributed by atoms with Gasteiger partial charge in [0, 0.05) is 19.6 Å². The molecule has 1 heterocycles. The van der Waals surface area contributed by atoms with Crippen molar-refractivity contribution in [2.24, 2.45) is 0 Å². The highest BCUT2D eigenvalue weighted by Crippen LogP contribution is 2.11. The molecule has 0 saturated heterocycles. The van der Waals surface area contributed by atoms with Crippen LogP contribution in [0.5, 0.6) is 0 Å². The van der Waals surface area contributed by atoms with Gasteiger partial charge in [-0.1, -0.05) is 30.3 Å². The zero-order valence-electron chi connectivity index (χ0n) is 10.5. The molecule has 0 aliphatic rings. The third kappa shape index (κ3) is 3.42. The van der Waals surface area contributed by atoms with Crippen molar-refractivity contribution in [3.63, 3.8) is 0 Å². The summed E-state index contributed by atoms with van der Waals surface area (Å²) >= 11 is 0. The number of aliphatic hydroxyl groups is 1. The quantitative estimate of drug-likeness (QED) is 0.846. The van der Waals surface area contributed by atoms with Crippen molar-refractivity contribution in [2.45, 2.75) is 20.0 Å². The fraction of sp³-hybridized carbons (Fsp3) is 0.357. The molecular formula is C14H18N2O2. The molecule has 0 aliphatic heterocycles. The van der Waals surface area contributed by atoms with Gasteiger partial charge in [-0.25, -0.2) is 4.98 Å². The summed E-state index contributed by atoms with van der Waals surface area (Å²) in [5.74, 6) is 0.839. The normalized spacial score (nSPS) is 11.1. The molecule has 1 aromatic carbocycles. The Morgan fingerprint density at radius 1 is 1.22 bits per heavy atom. The molecule has 0 unspecified atom stereocenters. The lowest BCUT2D eigenvalue weighted by Crippen LogP contribution is -2.26. The van der Waals surface area contributed by atoms with Gasteiger partial charge >= 0.3 is 0 Å². The van der Waals surface area contributed by atoms with Gasteiger partial charge in [0.25, 0.3) is 0 Å². The molecule has 0 amide bonds. The van der Waals surface area contributed by atoms with Crippen LogP contribution in [0.15, 0.2) is 41.1 Å². The van der Waals surface area contributed by atoms with E-state index in [0.717, 1.165) is 18.0 Å². The molecule has 2 rings (SSSR count). The molecule has 4 heteroatoms. The molecule has 0 bridgehead atoms. The van der Waals surface area contributed by atoms with Crippen LogP contribution in [-0.4, -0.2) is 28.1 Å². The summed E-state index contributed by atoms with van der Waals surface area (Å²) in [7, 11) is 0. The van der Waals surface area contributed by atoms with Crippen LogP contribution >= 0.6 is 0 Å². The summed E-state index contributed by atoms with van der Waals surface area (Å²) in [6.45, 7) is 4.17. The summed E-state index contributed by atoms with van der Waals surface area (Å²) in [5.41, 5.74) is 2.16. The molecule has 0 radical (unpaired) electrons. The van der Waals surface area contributed by atoms with E-state index in [1.165, 1.54) is 12.0 Å². The molecule has 0 fully saturated rings. The second-order valence-electron chi connectivity index (χ2n) is 4.28. The van der Waals surface area contributed by atoms with E-state index in [1.54, 1.807) is 0 Å². The summed E-state index contributed by atoms with van der Waals surface area (Å²) < 4.78 is 5.19. The predicted molar refractivity (Wildman–Crippen MR) is 68.9 cm³/mol. The zero-order valence-corrected chi connectivity index (χ0v) is 10.5. The molecule has 0 atom stereocenters. The van der Waals surface area contributed by atoms with Crippen LogP contribution in [-0.2, 0) is 13.1 Å². The molecular weight excluding hydrogens is 228 g/mol. The van der Waals surface area contributed by atoms with E-state index in [0.29, 0.717) is 13.1 Å². The van der Waals surface area contributed by atoms with Crippen LogP contribution in [0.3, 0.4) is 0 Å². The lowest BCUT2D eigenvalue weighted by Gasteiger charge is -2.20. The van der Waals surface area contributed by atoms with Crippen molar-refractivity contribution in [2.75, 3.05) is 13.2 Å².